The van der Waals surface area contributed by atoms with Gasteiger partial charge in [0, 0.05) is 18.6 Å². The van der Waals surface area contributed by atoms with Gasteiger partial charge in [0.15, 0.2) is 0 Å². The molecule has 0 fully saturated rings. The summed E-state index contributed by atoms with van der Waals surface area (Å²) in [6.07, 6.45) is 22.6. The lowest BCUT2D eigenvalue weighted by Crippen LogP contribution is -1.90. The van der Waals surface area contributed by atoms with Gasteiger partial charge in [-0.1, -0.05) is 0 Å². The summed E-state index contributed by atoms with van der Waals surface area (Å²) in [6, 6.07) is 0. The molecule has 0 atom stereocenters. The predicted molar refractivity (Wildman–Crippen MR) is 95.8 cm³/mol. The van der Waals surface area contributed by atoms with Gasteiger partial charge in [0.05, 0.1) is 34.2 Å². The molecule has 0 saturated carbocycles. The molecule has 0 saturated heterocycles. The Bertz CT molecular complexity index is 986. The number of hydrogen-bond donors (Lipinski definition) is 0. The molecule has 0 spiro atoms. The summed E-state index contributed by atoms with van der Waals surface area (Å²) in [5.41, 5.74) is 5.34. The standard InChI is InChI=1S/C20H13N3O/c1-2-14-10-16-4-6-18(23-16)12-20-8-7-19(24-20)11-17-5-3-15(22-17)9-13(1)21-14/h1-7,9-12H,8H2. The quantitative estimate of drug-likeness (QED) is 0.670. The van der Waals surface area contributed by atoms with Crippen LogP contribution in [0.25, 0.3) is 0 Å². The van der Waals surface area contributed by atoms with Gasteiger partial charge in [-0.2, -0.15) is 0 Å². The fourth-order valence-electron chi connectivity index (χ4n) is 2.89. The third-order valence-electron chi connectivity index (χ3n) is 3.99. The SMILES string of the molecule is C1=CC2=NC1=CC1=CCC(=CC3=NC(=CC4=NC(=C2)C=C4)C=C3)O1. The number of aliphatic imine (C=N–C) groups is 3. The fraction of sp³-hybridized carbons (Fsp3) is 0.0500. The summed E-state index contributed by atoms with van der Waals surface area (Å²) in [5, 5.41) is 0. The van der Waals surface area contributed by atoms with Crippen molar-refractivity contribution >= 4 is 17.1 Å². The van der Waals surface area contributed by atoms with Crippen molar-refractivity contribution in [2.24, 2.45) is 15.0 Å². The van der Waals surface area contributed by atoms with Crippen LogP contribution in [0, 0.1) is 0 Å². The summed E-state index contributed by atoms with van der Waals surface area (Å²) in [5.74, 6) is 1.72. The molecule has 0 aliphatic carbocycles. The Morgan fingerprint density at radius 3 is 1.79 bits per heavy atom. The fourth-order valence-corrected chi connectivity index (χ4v) is 2.89. The van der Waals surface area contributed by atoms with E-state index in [4.69, 9.17) is 4.74 Å². The minimum Gasteiger partial charge on any atom is -0.462 e. The second kappa shape index (κ2) is 5.13. The molecular weight excluding hydrogens is 298 g/mol. The highest BCUT2D eigenvalue weighted by Gasteiger charge is 2.14. The summed E-state index contributed by atoms with van der Waals surface area (Å²) >= 11 is 0. The molecule has 24 heavy (non-hydrogen) atoms. The van der Waals surface area contributed by atoms with Crippen molar-refractivity contribution in [1.82, 2.24) is 0 Å². The van der Waals surface area contributed by atoms with Gasteiger partial charge in [-0.25, -0.2) is 15.0 Å². The first kappa shape index (κ1) is 13.2. The van der Waals surface area contributed by atoms with Crippen LogP contribution in [-0.4, -0.2) is 17.1 Å². The summed E-state index contributed by atoms with van der Waals surface area (Å²) < 4.78 is 5.87. The highest BCUT2D eigenvalue weighted by atomic mass is 16.5. The number of rotatable bonds is 0. The van der Waals surface area contributed by atoms with Crippen LogP contribution in [0.2, 0.25) is 0 Å². The van der Waals surface area contributed by atoms with E-state index in [1.54, 1.807) is 0 Å². The van der Waals surface area contributed by atoms with Crippen LogP contribution in [0.4, 0.5) is 0 Å². The number of allylic oxidation sites excluding steroid dienone is 11. The topological polar surface area (TPSA) is 46.3 Å². The molecule has 5 heterocycles. The summed E-state index contributed by atoms with van der Waals surface area (Å²) in [4.78, 5) is 13.8. The summed E-state index contributed by atoms with van der Waals surface area (Å²) in [6.45, 7) is 0. The molecule has 4 nitrogen and oxygen atoms in total. The van der Waals surface area contributed by atoms with Crippen LogP contribution in [-0.2, 0) is 4.74 Å². The normalized spacial score (nSPS) is 23.0. The van der Waals surface area contributed by atoms with Gasteiger partial charge in [-0.3, -0.25) is 0 Å². The second-order valence-corrected chi connectivity index (χ2v) is 5.84. The molecule has 5 aliphatic heterocycles. The Morgan fingerprint density at radius 2 is 1.17 bits per heavy atom. The largest absolute Gasteiger partial charge is 0.462 e. The number of ether oxygens (including phenoxy) is 1. The lowest BCUT2D eigenvalue weighted by atomic mass is 10.2. The van der Waals surface area contributed by atoms with Crippen LogP contribution in [0.5, 0.6) is 0 Å². The van der Waals surface area contributed by atoms with Gasteiger partial charge in [0.25, 0.3) is 0 Å². The van der Waals surface area contributed by atoms with Crippen LogP contribution in [0.15, 0.2) is 110 Å². The maximum absolute atomic E-state index is 5.87. The monoisotopic (exact) mass is 311 g/mol. The van der Waals surface area contributed by atoms with Crippen molar-refractivity contribution in [3.05, 3.63) is 95.4 Å². The van der Waals surface area contributed by atoms with Gasteiger partial charge in [-0.15, -0.1) is 0 Å². The zero-order valence-electron chi connectivity index (χ0n) is 12.8. The third kappa shape index (κ3) is 2.48. The van der Waals surface area contributed by atoms with Gasteiger partial charge in [-0.05, 0) is 54.7 Å². The third-order valence-corrected chi connectivity index (χ3v) is 3.99. The van der Waals surface area contributed by atoms with Gasteiger partial charge < -0.3 is 4.74 Å². The lowest BCUT2D eigenvalue weighted by Gasteiger charge is -2.01. The van der Waals surface area contributed by atoms with Crippen molar-refractivity contribution in [2.75, 3.05) is 0 Å². The maximum Gasteiger partial charge on any atom is 0.125 e. The maximum atomic E-state index is 5.87. The lowest BCUT2D eigenvalue weighted by molar-refractivity contribution is 0.338. The van der Waals surface area contributed by atoms with Crippen LogP contribution in [0.1, 0.15) is 6.42 Å². The first-order chi connectivity index (χ1) is 11.8. The molecule has 0 N–H and O–H groups in total. The van der Waals surface area contributed by atoms with Gasteiger partial charge >= 0.3 is 0 Å². The van der Waals surface area contributed by atoms with E-state index in [2.05, 4.69) is 21.1 Å². The molecule has 114 valence electrons. The number of nitrogens with zero attached hydrogens (tertiary/aromatic N) is 3. The van der Waals surface area contributed by atoms with E-state index in [9.17, 15) is 0 Å². The van der Waals surface area contributed by atoms with Crippen LogP contribution < -0.4 is 0 Å². The Morgan fingerprint density at radius 1 is 0.625 bits per heavy atom. The molecule has 5 rings (SSSR count). The first-order valence-electron chi connectivity index (χ1n) is 7.84. The van der Waals surface area contributed by atoms with Crippen LogP contribution >= 0.6 is 0 Å². The van der Waals surface area contributed by atoms with Crippen LogP contribution in [0.3, 0.4) is 0 Å². The molecule has 0 radical (unpaired) electrons. The number of fused-ring (bicyclic) bond motifs is 5. The zero-order chi connectivity index (χ0) is 15.9. The van der Waals surface area contributed by atoms with Gasteiger partial charge in [0.2, 0.25) is 0 Å². The predicted octanol–water partition coefficient (Wildman–Crippen LogP) is 3.87. The molecule has 0 aromatic rings. The molecule has 0 aromatic carbocycles. The smallest absolute Gasteiger partial charge is 0.125 e. The van der Waals surface area contributed by atoms with E-state index in [0.717, 1.165) is 52.2 Å². The van der Waals surface area contributed by atoms with Crippen molar-refractivity contribution in [1.29, 1.82) is 0 Å². The van der Waals surface area contributed by atoms with E-state index in [-0.39, 0.29) is 0 Å². The molecule has 0 aromatic heterocycles. The minimum atomic E-state index is 0.769. The molecule has 0 amide bonds. The highest BCUT2D eigenvalue weighted by Crippen LogP contribution is 2.25. The van der Waals surface area contributed by atoms with E-state index < -0.39 is 0 Å². The number of hydrogen-bond acceptors (Lipinski definition) is 4. The average molecular weight is 311 g/mol. The van der Waals surface area contributed by atoms with E-state index in [1.807, 2.05) is 60.8 Å². The highest BCUT2D eigenvalue weighted by molar-refractivity contribution is 6.12. The van der Waals surface area contributed by atoms with E-state index in [0.29, 0.717) is 0 Å². The molecule has 8 bridgehead atoms. The average Bonchev–Trinajstić information content (AvgIpc) is 3.32. The van der Waals surface area contributed by atoms with Crippen molar-refractivity contribution in [3.8, 4) is 0 Å². The van der Waals surface area contributed by atoms with Gasteiger partial charge in [0.1, 0.15) is 11.5 Å². The summed E-state index contributed by atoms with van der Waals surface area (Å²) in [7, 11) is 0. The Labute approximate surface area is 139 Å². The Kier molecular flexibility index (Phi) is 2.82. The molecule has 4 heteroatoms. The van der Waals surface area contributed by atoms with E-state index in [1.165, 1.54) is 0 Å². The molecular formula is C20H13N3O. The van der Waals surface area contributed by atoms with Crippen molar-refractivity contribution < 1.29 is 4.74 Å². The van der Waals surface area contributed by atoms with Crippen molar-refractivity contribution in [3.63, 3.8) is 0 Å². The second-order valence-electron chi connectivity index (χ2n) is 5.84. The van der Waals surface area contributed by atoms with Crippen molar-refractivity contribution in [2.45, 2.75) is 6.42 Å². The molecule has 5 aliphatic rings. The Hall–Kier alpha value is -3.27. The molecule has 0 unspecified atom stereocenters. The Balaban J connectivity index is 1.61. The minimum absolute atomic E-state index is 0.769. The first-order valence-corrected chi connectivity index (χ1v) is 7.84. The van der Waals surface area contributed by atoms with E-state index >= 15 is 0 Å². The zero-order valence-corrected chi connectivity index (χ0v) is 12.8.